The summed E-state index contributed by atoms with van der Waals surface area (Å²) in [6.45, 7) is 6.23. The smallest absolute Gasteiger partial charge is 0.0221 e. The Kier molecular flexibility index (Phi) is 2.14. The summed E-state index contributed by atoms with van der Waals surface area (Å²) < 4.78 is 0. The Labute approximate surface area is 69.0 Å². The molecule has 0 spiro atoms. The van der Waals surface area contributed by atoms with Crippen molar-refractivity contribution in [3.8, 4) is 0 Å². The molecule has 2 aliphatic heterocycles. The molecule has 2 heterocycles. The van der Waals surface area contributed by atoms with Gasteiger partial charge in [-0.2, -0.15) is 0 Å². The highest BCUT2D eigenvalue weighted by atomic mass is 15.2. The molecule has 1 N–H and O–H groups in total. The fourth-order valence-electron chi connectivity index (χ4n) is 2.37. The van der Waals surface area contributed by atoms with Crippen LogP contribution in [0.5, 0.6) is 0 Å². The topological polar surface area (TPSA) is 15.3 Å². The Morgan fingerprint density at radius 1 is 1.27 bits per heavy atom. The third-order valence-corrected chi connectivity index (χ3v) is 3.15. The first-order valence-electron chi connectivity index (χ1n) is 4.85. The molecule has 2 heteroatoms. The maximum Gasteiger partial charge on any atom is 0.0221 e. The second-order valence-electron chi connectivity index (χ2n) is 3.83. The molecule has 2 fully saturated rings. The highest BCUT2D eigenvalue weighted by Gasteiger charge is 2.28. The zero-order valence-electron chi connectivity index (χ0n) is 7.34. The number of nitrogens with one attached hydrogen (secondary N) is 1. The van der Waals surface area contributed by atoms with E-state index < -0.39 is 0 Å². The van der Waals surface area contributed by atoms with Crippen LogP contribution in [0.3, 0.4) is 0 Å². The van der Waals surface area contributed by atoms with Gasteiger partial charge in [0.15, 0.2) is 0 Å². The fraction of sp³-hybridized carbons (Fsp3) is 1.00. The molecule has 2 saturated heterocycles. The molecule has 2 nitrogen and oxygen atoms in total. The van der Waals surface area contributed by atoms with Crippen LogP contribution in [0.25, 0.3) is 0 Å². The zero-order chi connectivity index (χ0) is 7.68. The summed E-state index contributed by atoms with van der Waals surface area (Å²) in [7, 11) is 0. The van der Waals surface area contributed by atoms with E-state index in [1.807, 2.05) is 0 Å². The van der Waals surface area contributed by atoms with Gasteiger partial charge in [-0.3, -0.25) is 4.90 Å². The third kappa shape index (κ3) is 1.42. The van der Waals surface area contributed by atoms with E-state index in [1.54, 1.807) is 0 Å². The van der Waals surface area contributed by atoms with E-state index in [9.17, 15) is 0 Å². The van der Waals surface area contributed by atoms with Crippen molar-refractivity contribution in [1.29, 1.82) is 0 Å². The molecule has 3 atom stereocenters. The van der Waals surface area contributed by atoms with Crippen LogP contribution in [-0.2, 0) is 0 Å². The van der Waals surface area contributed by atoms with Gasteiger partial charge in [-0.05, 0) is 45.8 Å². The Morgan fingerprint density at radius 3 is 3.00 bits per heavy atom. The van der Waals surface area contributed by atoms with E-state index in [1.165, 1.54) is 38.9 Å². The lowest BCUT2D eigenvalue weighted by Crippen LogP contribution is -2.49. The minimum absolute atomic E-state index is 0.784. The van der Waals surface area contributed by atoms with Crippen LogP contribution < -0.4 is 5.32 Å². The van der Waals surface area contributed by atoms with Crippen molar-refractivity contribution < 1.29 is 0 Å². The lowest BCUT2D eigenvalue weighted by atomic mass is 9.98. The number of piperidine rings is 1. The van der Waals surface area contributed by atoms with E-state index in [2.05, 4.69) is 17.1 Å². The SMILES string of the molecule is C[C@@H]1C2CCCN1CCCN2. The van der Waals surface area contributed by atoms with Gasteiger partial charge in [0.2, 0.25) is 0 Å². The summed E-state index contributed by atoms with van der Waals surface area (Å²) in [5, 5.41) is 3.62. The predicted octanol–water partition coefficient (Wildman–Crippen LogP) is 0.833. The largest absolute Gasteiger partial charge is 0.312 e. The van der Waals surface area contributed by atoms with Crippen molar-refractivity contribution in [1.82, 2.24) is 10.2 Å². The minimum Gasteiger partial charge on any atom is -0.312 e. The van der Waals surface area contributed by atoms with Gasteiger partial charge in [0, 0.05) is 12.1 Å². The van der Waals surface area contributed by atoms with Gasteiger partial charge in [0.1, 0.15) is 0 Å². The maximum absolute atomic E-state index is 3.62. The maximum atomic E-state index is 3.62. The van der Waals surface area contributed by atoms with Gasteiger partial charge in [-0.25, -0.2) is 0 Å². The standard InChI is InChI=1S/C9H18N2/c1-8-9-4-2-6-11(8)7-3-5-10-9/h8-10H,2-7H2,1H3/t8-,9?/m1/s1. The van der Waals surface area contributed by atoms with Crippen LogP contribution >= 0.6 is 0 Å². The predicted molar refractivity (Wildman–Crippen MR) is 46.7 cm³/mol. The molecule has 0 amide bonds. The van der Waals surface area contributed by atoms with Crippen molar-refractivity contribution in [3.63, 3.8) is 0 Å². The van der Waals surface area contributed by atoms with Crippen LogP contribution in [0, 0.1) is 0 Å². The molecule has 0 aromatic rings. The summed E-state index contributed by atoms with van der Waals surface area (Å²) in [4.78, 5) is 2.63. The van der Waals surface area contributed by atoms with Gasteiger partial charge in [0.05, 0.1) is 0 Å². The highest BCUT2D eigenvalue weighted by Crippen LogP contribution is 2.19. The molecule has 2 bridgehead atoms. The molecular formula is C9H18N2. The number of fused-ring (bicyclic) bond motifs is 2. The number of nitrogens with zero attached hydrogens (tertiary/aromatic N) is 1. The minimum atomic E-state index is 0.784. The van der Waals surface area contributed by atoms with Crippen LogP contribution in [0.15, 0.2) is 0 Å². The molecule has 0 saturated carbocycles. The lowest BCUT2D eigenvalue weighted by Gasteiger charge is -2.37. The van der Waals surface area contributed by atoms with Crippen molar-refractivity contribution in [3.05, 3.63) is 0 Å². The highest BCUT2D eigenvalue weighted by molar-refractivity contribution is 4.88. The number of hydrogen-bond acceptors (Lipinski definition) is 2. The average Bonchev–Trinajstić information content (AvgIpc) is 2.17. The van der Waals surface area contributed by atoms with Crippen molar-refractivity contribution in [2.45, 2.75) is 38.3 Å². The third-order valence-electron chi connectivity index (χ3n) is 3.15. The van der Waals surface area contributed by atoms with Gasteiger partial charge in [0.25, 0.3) is 0 Å². The molecule has 2 unspecified atom stereocenters. The molecule has 11 heavy (non-hydrogen) atoms. The van der Waals surface area contributed by atoms with E-state index in [0.717, 1.165) is 12.1 Å². The molecule has 0 radical (unpaired) electrons. The van der Waals surface area contributed by atoms with Crippen LogP contribution in [0.2, 0.25) is 0 Å². The van der Waals surface area contributed by atoms with Gasteiger partial charge in [-0.15, -0.1) is 0 Å². The summed E-state index contributed by atoms with van der Waals surface area (Å²) in [5.41, 5.74) is 0. The monoisotopic (exact) mass is 154 g/mol. The Hall–Kier alpha value is -0.0800. The zero-order valence-corrected chi connectivity index (χ0v) is 7.34. The van der Waals surface area contributed by atoms with Crippen molar-refractivity contribution >= 4 is 0 Å². The number of rotatable bonds is 0. The van der Waals surface area contributed by atoms with Crippen molar-refractivity contribution in [2.75, 3.05) is 19.6 Å². The van der Waals surface area contributed by atoms with Crippen molar-refractivity contribution in [2.24, 2.45) is 0 Å². The first-order chi connectivity index (χ1) is 5.38. The van der Waals surface area contributed by atoms with Crippen LogP contribution in [-0.4, -0.2) is 36.6 Å². The quantitative estimate of drug-likeness (QED) is 0.556. The van der Waals surface area contributed by atoms with Crippen LogP contribution in [0.4, 0.5) is 0 Å². The average molecular weight is 154 g/mol. The first-order valence-corrected chi connectivity index (χ1v) is 4.85. The van der Waals surface area contributed by atoms with Crippen LogP contribution in [0.1, 0.15) is 26.2 Å². The first kappa shape index (κ1) is 7.56. The Balaban J connectivity index is 2.06. The van der Waals surface area contributed by atoms with Gasteiger partial charge in [-0.1, -0.05) is 0 Å². The molecule has 64 valence electrons. The summed E-state index contributed by atoms with van der Waals surface area (Å²) >= 11 is 0. The molecule has 2 aliphatic rings. The summed E-state index contributed by atoms with van der Waals surface area (Å²) in [6, 6.07) is 1.57. The van der Waals surface area contributed by atoms with E-state index in [4.69, 9.17) is 0 Å². The Morgan fingerprint density at radius 2 is 2.09 bits per heavy atom. The molecule has 0 aromatic heterocycles. The summed E-state index contributed by atoms with van der Waals surface area (Å²) in [5.74, 6) is 0. The molecular weight excluding hydrogens is 136 g/mol. The summed E-state index contributed by atoms with van der Waals surface area (Å²) in [6.07, 6.45) is 4.11. The normalized spacial score (nSPS) is 45.0. The Bertz CT molecular complexity index is 122. The van der Waals surface area contributed by atoms with Gasteiger partial charge < -0.3 is 5.32 Å². The second-order valence-corrected chi connectivity index (χ2v) is 3.83. The fourth-order valence-corrected chi connectivity index (χ4v) is 2.37. The van der Waals surface area contributed by atoms with Gasteiger partial charge >= 0.3 is 0 Å². The van der Waals surface area contributed by atoms with E-state index in [-0.39, 0.29) is 0 Å². The lowest BCUT2D eigenvalue weighted by molar-refractivity contribution is 0.145. The van der Waals surface area contributed by atoms with E-state index >= 15 is 0 Å². The molecule has 2 rings (SSSR count). The molecule has 0 aliphatic carbocycles. The molecule has 0 aromatic carbocycles. The van der Waals surface area contributed by atoms with E-state index in [0.29, 0.717) is 0 Å². The number of hydrogen-bond donors (Lipinski definition) is 1. The second kappa shape index (κ2) is 3.11.